The van der Waals surface area contributed by atoms with Crippen LogP contribution in [0.2, 0.25) is 0 Å². The standard InChI is InChI=1S/C23H27N3O4/c1-3-29-22(28)18-10-12-19(13-11-18)25-23(24-15-20-5-4-14-30-20)26-21(27)17-8-6-16(2)7-9-17/h6-13,20H,3-5,14-15H2,1-2H3,(H2,24,25,26,27)/t20-/m1/s1. The maximum absolute atomic E-state index is 12.6. The number of guanidine groups is 1. The van der Waals surface area contributed by atoms with E-state index in [0.717, 1.165) is 25.0 Å². The molecule has 1 amide bonds. The van der Waals surface area contributed by atoms with Crippen molar-refractivity contribution in [2.24, 2.45) is 4.99 Å². The van der Waals surface area contributed by atoms with Gasteiger partial charge in [-0.25, -0.2) is 9.79 Å². The Balaban J connectivity index is 1.71. The zero-order valence-corrected chi connectivity index (χ0v) is 17.3. The summed E-state index contributed by atoms with van der Waals surface area (Å²) in [7, 11) is 0. The topological polar surface area (TPSA) is 89.0 Å². The number of aliphatic imine (C=N–C) groups is 1. The molecule has 1 saturated heterocycles. The Bertz CT molecular complexity index is 886. The molecule has 1 aliphatic rings. The van der Waals surface area contributed by atoms with Crippen molar-refractivity contribution in [2.75, 3.05) is 25.1 Å². The quantitative estimate of drug-likeness (QED) is 0.433. The number of hydrogen-bond donors (Lipinski definition) is 2. The van der Waals surface area contributed by atoms with Gasteiger partial charge in [-0.1, -0.05) is 17.7 Å². The minimum Gasteiger partial charge on any atom is -0.462 e. The number of amides is 1. The molecular formula is C23H27N3O4. The van der Waals surface area contributed by atoms with E-state index in [0.29, 0.717) is 35.9 Å². The van der Waals surface area contributed by atoms with E-state index in [-0.39, 0.29) is 18.0 Å². The first kappa shape index (κ1) is 21.5. The van der Waals surface area contributed by atoms with E-state index < -0.39 is 0 Å². The summed E-state index contributed by atoms with van der Waals surface area (Å²) in [4.78, 5) is 29.0. The third kappa shape index (κ3) is 6.15. The van der Waals surface area contributed by atoms with Gasteiger partial charge >= 0.3 is 5.97 Å². The van der Waals surface area contributed by atoms with Gasteiger partial charge in [0.05, 0.1) is 24.8 Å². The molecule has 1 fully saturated rings. The third-order valence-electron chi connectivity index (χ3n) is 4.68. The smallest absolute Gasteiger partial charge is 0.338 e. The number of aryl methyl sites for hydroxylation is 1. The summed E-state index contributed by atoms with van der Waals surface area (Å²) in [5, 5.41) is 5.96. The number of carbonyl (C=O) groups excluding carboxylic acids is 2. The summed E-state index contributed by atoms with van der Waals surface area (Å²) >= 11 is 0. The van der Waals surface area contributed by atoms with E-state index in [4.69, 9.17) is 9.47 Å². The van der Waals surface area contributed by atoms with Gasteiger partial charge in [0.25, 0.3) is 5.91 Å². The predicted octanol–water partition coefficient (Wildman–Crippen LogP) is 3.55. The van der Waals surface area contributed by atoms with Crippen LogP contribution in [0.3, 0.4) is 0 Å². The highest BCUT2D eigenvalue weighted by atomic mass is 16.5. The number of benzene rings is 2. The first-order valence-corrected chi connectivity index (χ1v) is 10.1. The number of ether oxygens (including phenoxy) is 2. The zero-order valence-electron chi connectivity index (χ0n) is 17.3. The average Bonchev–Trinajstić information content (AvgIpc) is 3.27. The minimum atomic E-state index is -0.371. The van der Waals surface area contributed by atoms with E-state index in [1.165, 1.54) is 0 Å². The highest BCUT2D eigenvalue weighted by Gasteiger charge is 2.16. The summed E-state index contributed by atoms with van der Waals surface area (Å²) in [6, 6.07) is 14.1. The van der Waals surface area contributed by atoms with Gasteiger partial charge in [0.2, 0.25) is 5.96 Å². The molecule has 2 aromatic rings. The first-order chi connectivity index (χ1) is 14.5. The van der Waals surface area contributed by atoms with Crippen molar-refractivity contribution in [3.63, 3.8) is 0 Å². The maximum Gasteiger partial charge on any atom is 0.338 e. The number of esters is 1. The number of carbonyl (C=O) groups is 2. The van der Waals surface area contributed by atoms with Crippen LogP contribution >= 0.6 is 0 Å². The third-order valence-corrected chi connectivity index (χ3v) is 4.68. The molecule has 2 aromatic carbocycles. The van der Waals surface area contributed by atoms with Gasteiger partial charge in [0.1, 0.15) is 0 Å². The molecule has 0 unspecified atom stereocenters. The summed E-state index contributed by atoms with van der Waals surface area (Å²) < 4.78 is 10.6. The Hall–Kier alpha value is -3.19. The van der Waals surface area contributed by atoms with Gasteiger partial charge in [0, 0.05) is 17.9 Å². The monoisotopic (exact) mass is 409 g/mol. The van der Waals surface area contributed by atoms with Crippen molar-refractivity contribution < 1.29 is 19.1 Å². The van der Waals surface area contributed by atoms with Crippen LogP contribution in [0.1, 0.15) is 46.0 Å². The van der Waals surface area contributed by atoms with Gasteiger partial charge in [0.15, 0.2) is 0 Å². The second-order valence-corrected chi connectivity index (χ2v) is 7.07. The van der Waals surface area contributed by atoms with Crippen molar-refractivity contribution >= 4 is 23.5 Å². The molecule has 0 aromatic heterocycles. The van der Waals surface area contributed by atoms with Crippen LogP contribution in [-0.2, 0) is 9.47 Å². The van der Waals surface area contributed by atoms with E-state index in [2.05, 4.69) is 15.6 Å². The van der Waals surface area contributed by atoms with Gasteiger partial charge in [-0.2, -0.15) is 0 Å². The fraction of sp³-hybridized carbons (Fsp3) is 0.348. The Morgan fingerprint density at radius 1 is 1.10 bits per heavy atom. The van der Waals surface area contributed by atoms with Gasteiger partial charge in [-0.3, -0.25) is 10.1 Å². The molecule has 0 saturated carbocycles. The van der Waals surface area contributed by atoms with Crippen LogP contribution in [-0.4, -0.2) is 43.7 Å². The summed E-state index contributed by atoms with van der Waals surface area (Å²) in [5.74, 6) is -0.291. The number of nitrogens with one attached hydrogen (secondary N) is 2. The Kier molecular flexibility index (Phi) is 7.57. The molecule has 2 N–H and O–H groups in total. The van der Waals surface area contributed by atoms with Crippen molar-refractivity contribution in [1.29, 1.82) is 0 Å². The Labute approximate surface area is 176 Å². The highest BCUT2D eigenvalue weighted by molar-refractivity contribution is 6.10. The van der Waals surface area contributed by atoms with E-state index in [1.54, 1.807) is 43.3 Å². The molecule has 3 rings (SSSR count). The summed E-state index contributed by atoms with van der Waals surface area (Å²) in [5.41, 5.74) is 2.78. The molecule has 1 heterocycles. The summed E-state index contributed by atoms with van der Waals surface area (Å²) in [6.45, 7) is 5.26. The SMILES string of the molecule is CCOC(=O)c1ccc(NC(=NC[C@H]2CCCO2)NC(=O)c2ccc(C)cc2)cc1. The fourth-order valence-electron chi connectivity index (χ4n) is 3.02. The molecule has 0 aliphatic carbocycles. The molecule has 1 aliphatic heterocycles. The lowest BCUT2D eigenvalue weighted by molar-refractivity contribution is 0.0526. The van der Waals surface area contributed by atoms with Crippen LogP contribution in [0.15, 0.2) is 53.5 Å². The lowest BCUT2D eigenvalue weighted by atomic mass is 10.1. The average molecular weight is 409 g/mol. The highest BCUT2D eigenvalue weighted by Crippen LogP contribution is 2.13. The molecule has 7 heteroatoms. The molecular weight excluding hydrogens is 382 g/mol. The molecule has 0 bridgehead atoms. The van der Waals surface area contributed by atoms with E-state index >= 15 is 0 Å². The van der Waals surface area contributed by atoms with Crippen molar-refractivity contribution in [3.05, 3.63) is 65.2 Å². The maximum atomic E-state index is 12.6. The number of hydrogen-bond acceptors (Lipinski definition) is 5. The van der Waals surface area contributed by atoms with Gasteiger partial charge < -0.3 is 14.8 Å². The first-order valence-electron chi connectivity index (χ1n) is 10.1. The number of nitrogens with zero attached hydrogens (tertiary/aromatic N) is 1. The van der Waals surface area contributed by atoms with Crippen molar-refractivity contribution in [2.45, 2.75) is 32.8 Å². The van der Waals surface area contributed by atoms with E-state index in [1.807, 2.05) is 19.1 Å². The van der Waals surface area contributed by atoms with Gasteiger partial charge in [-0.05, 0) is 63.1 Å². The van der Waals surface area contributed by atoms with Crippen LogP contribution in [0.4, 0.5) is 5.69 Å². The molecule has 158 valence electrons. The summed E-state index contributed by atoms with van der Waals surface area (Å²) in [6.07, 6.45) is 2.04. The molecule has 0 spiro atoms. The van der Waals surface area contributed by atoms with Crippen LogP contribution in [0.25, 0.3) is 0 Å². The largest absolute Gasteiger partial charge is 0.462 e. The van der Waals surface area contributed by atoms with Crippen LogP contribution < -0.4 is 10.6 Å². The van der Waals surface area contributed by atoms with Gasteiger partial charge in [-0.15, -0.1) is 0 Å². The van der Waals surface area contributed by atoms with E-state index in [9.17, 15) is 9.59 Å². The second kappa shape index (κ2) is 10.5. The number of rotatable bonds is 6. The minimum absolute atomic E-state index is 0.0595. The van der Waals surface area contributed by atoms with Crippen LogP contribution in [0.5, 0.6) is 0 Å². The molecule has 0 radical (unpaired) electrons. The van der Waals surface area contributed by atoms with Crippen LogP contribution in [0, 0.1) is 6.92 Å². The zero-order chi connectivity index (χ0) is 21.3. The molecule has 1 atom stereocenters. The lowest BCUT2D eigenvalue weighted by Gasteiger charge is -2.14. The molecule has 7 nitrogen and oxygen atoms in total. The number of anilines is 1. The molecule has 30 heavy (non-hydrogen) atoms. The predicted molar refractivity (Wildman–Crippen MR) is 116 cm³/mol. The fourth-order valence-corrected chi connectivity index (χ4v) is 3.02. The Morgan fingerprint density at radius 2 is 1.80 bits per heavy atom. The lowest BCUT2D eigenvalue weighted by Crippen LogP contribution is -2.36. The van der Waals surface area contributed by atoms with Crippen molar-refractivity contribution in [1.82, 2.24) is 5.32 Å². The normalized spacial score (nSPS) is 16.2. The second-order valence-electron chi connectivity index (χ2n) is 7.07. The van der Waals surface area contributed by atoms with Crippen molar-refractivity contribution in [3.8, 4) is 0 Å². The Morgan fingerprint density at radius 3 is 2.43 bits per heavy atom.